The van der Waals surface area contributed by atoms with Crippen molar-refractivity contribution in [1.29, 1.82) is 0 Å². The molecule has 0 amide bonds. The van der Waals surface area contributed by atoms with E-state index in [1.807, 2.05) is 0 Å². The SMILES string of the molecule is CN(Cc1ccccc1)C1CCC1CNC(C)(C)C. The lowest BCUT2D eigenvalue weighted by Gasteiger charge is -2.44. The second-order valence-electron chi connectivity index (χ2n) is 6.94. The number of hydrogen-bond donors (Lipinski definition) is 1. The summed E-state index contributed by atoms with van der Waals surface area (Å²) in [4.78, 5) is 2.52. The molecule has 1 N–H and O–H groups in total. The van der Waals surface area contributed by atoms with Gasteiger partial charge in [-0.1, -0.05) is 30.3 Å². The molecule has 2 nitrogen and oxygen atoms in total. The maximum absolute atomic E-state index is 3.65. The summed E-state index contributed by atoms with van der Waals surface area (Å²) in [6.45, 7) is 8.95. The van der Waals surface area contributed by atoms with Crippen molar-refractivity contribution < 1.29 is 0 Å². The van der Waals surface area contributed by atoms with E-state index in [1.165, 1.54) is 18.4 Å². The average molecular weight is 260 g/mol. The van der Waals surface area contributed by atoms with Crippen molar-refractivity contribution in [1.82, 2.24) is 10.2 Å². The van der Waals surface area contributed by atoms with Gasteiger partial charge in [-0.15, -0.1) is 0 Å². The Labute approximate surface area is 118 Å². The van der Waals surface area contributed by atoms with Crippen LogP contribution in [0.2, 0.25) is 0 Å². The Morgan fingerprint density at radius 3 is 2.37 bits per heavy atom. The average Bonchev–Trinajstić information content (AvgIpc) is 2.27. The van der Waals surface area contributed by atoms with Gasteiger partial charge in [-0.2, -0.15) is 0 Å². The zero-order valence-electron chi connectivity index (χ0n) is 12.8. The van der Waals surface area contributed by atoms with E-state index in [2.05, 4.69) is 68.4 Å². The van der Waals surface area contributed by atoms with Gasteiger partial charge in [0.25, 0.3) is 0 Å². The quantitative estimate of drug-likeness (QED) is 0.874. The van der Waals surface area contributed by atoms with Crippen LogP contribution in [-0.2, 0) is 6.54 Å². The summed E-state index contributed by atoms with van der Waals surface area (Å²) in [6.07, 6.45) is 2.71. The number of nitrogens with one attached hydrogen (secondary N) is 1. The molecule has 0 bridgehead atoms. The van der Waals surface area contributed by atoms with Gasteiger partial charge in [0.1, 0.15) is 0 Å². The molecule has 1 fully saturated rings. The molecule has 0 heterocycles. The predicted molar refractivity (Wildman–Crippen MR) is 82.2 cm³/mol. The fourth-order valence-electron chi connectivity index (χ4n) is 2.80. The van der Waals surface area contributed by atoms with Crippen molar-refractivity contribution >= 4 is 0 Å². The molecule has 1 aromatic rings. The predicted octanol–water partition coefficient (Wildman–Crippen LogP) is 3.29. The van der Waals surface area contributed by atoms with Crippen molar-refractivity contribution in [3.63, 3.8) is 0 Å². The Kier molecular flexibility index (Phi) is 4.64. The third-order valence-electron chi connectivity index (χ3n) is 4.11. The van der Waals surface area contributed by atoms with Crippen LogP contribution in [0.15, 0.2) is 30.3 Å². The van der Waals surface area contributed by atoms with Crippen molar-refractivity contribution in [2.45, 2.75) is 51.7 Å². The molecule has 1 saturated carbocycles. The van der Waals surface area contributed by atoms with Crippen LogP contribution in [0.1, 0.15) is 39.2 Å². The molecule has 0 aliphatic heterocycles. The van der Waals surface area contributed by atoms with Crippen LogP contribution in [0.5, 0.6) is 0 Å². The highest BCUT2D eigenvalue weighted by atomic mass is 15.1. The van der Waals surface area contributed by atoms with E-state index in [9.17, 15) is 0 Å². The lowest BCUT2D eigenvalue weighted by molar-refractivity contribution is 0.0738. The fraction of sp³-hybridized carbons (Fsp3) is 0.647. The first kappa shape index (κ1) is 14.5. The van der Waals surface area contributed by atoms with Crippen LogP contribution in [-0.4, -0.2) is 30.1 Å². The fourth-order valence-corrected chi connectivity index (χ4v) is 2.80. The summed E-state index contributed by atoms with van der Waals surface area (Å²) in [5.41, 5.74) is 1.65. The summed E-state index contributed by atoms with van der Waals surface area (Å²) in [7, 11) is 2.26. The Morgan fingerprint density at radius 2 is 1.84 bits per heavy atom. The zero-order chi connectivity index (χ0) is 13.9. The smallest absolute Gasteiger partial charge is 0.0233 e. The molecule has 2 unspecified atom stereocenters. The molecule has 19 heavy (non-hydrogen) atoms. The monoisotopic (exact) mass is 260 g/mol. The molecule has 0 spiro atoms. The topological polar surface area (TPSA) is 15.3 Å². The van der Waals surface area contributed by atoms with Gasteiger partial charge in [0.2, 0.25) is 0 Å². The molecular formula is C17H28N2. The third kappa shape index (κ3) is 4.32. The van der Waals surface area contributed by atoms with Crippen LogP contribution in [0.3, 0.4) is 0 Å². The first-order valence-electron chi connectivity index (χ1n) is 7.45. The van der Waals surface area contributed by atoms with E-state index in [4.69, 9.17) is 0 Å². The highest BCUT2D eigenvalue weighted by Gasteiger charge is 2.34. The lowest BCUT2D eigenvalue weighted by Crippen LogP contribution is -2.51. The minimum atomic E-state index is 0.234. The number of hydrogen-bond acceptors (Lipinski definition) is 2. The first-order chi connectivity index (χ1) is 8.96. The van der Waals surface area contributed by atoms with Gasteiger partial charge in [-0.05, 0) is 58.7 Å². The summed E-state index contributed by atoms with van der Waals surface area (Å²) < 4.78 is 0. The van der Waals surface area contributed by atoms with E-state index in [0.717, 1.165) is 25.0 Å². The minimum Gasteiger partial charge on any atom is -0.312 e. The van der Waals surface area contributed by atoms with Crippen LogP contribution in [0, 0.1) is 5.92 Å². The third-order valence-corrected chi connectivity index (χ3v) is 4.11. The molecule has 1 aromatic carbocycles. The van der Waals surface area contributed by atoms with Crippen LogP contribution in [0.4, 0.5) is 0 Å². The Balaban J connectivity index is 1.81. The molecule has 2 heteroatoms. The summed E-state index contributed by atoms with van der Waals surface area (Å²) >= 11 is 0. The second-order valence-corrected chi connectivity index (χ2v) is 6.94. The molecular weight excluding hydrogens is 232 g/mol. The number of benzene rings is 1. The largest absolute Gasteiger partial charge is 0.312 e. The van der Waals surface area contributed by atoms with Gasteiger partial charge in [0, 0.05) is 18.1 Å². The van der Waals surface area contributed by atoms with Crippen LogP contribution < -0.4 is 5.32 Å². The molecule has 1 aliphatic carbocycles. The molecule has 0 saturated heterocycles. The van der Waals surface area contributed by atoms with Gasteiger partial charge in [0.15, 0.2) is 0 Å². The van der Waals surface area contributed by atoms with Gasteiger partial charge in [-0.3, -0.25) is 4.90 Å². The number of rotatable bonds is 5. The summed E-state index contributed by atoms with van der Waals surface area (Å²) in [6, 6.07) is 11.5. The highest BCUT2D eigenvalue weighted by molar-refractivity contribution is 5.14. The van der Waals surface area contributed by atoms with Gasteiger partial charge >= 0.3 is 0 Å². The van der Waals surface area contributed by atoms with Crippen LogP contribution in [0.25, 0.3) is 0 Å². The zero-order valence-corrected chi connectivity index (χ0v) is 12.8. The molecule has 2 rings (SSSR count). The van der Waals surface area contributed by atoms with Gasteiger partial charge in [0.05, 0.1) is 0 Å². The summed E-state index contributed by atoms with van der Waals surface area (Å²) in [5, 5.41) is 3.65. The van der Waals surface area contributed by atoms with E-state index in [-0.39, 0.29) is 5.54 Å². The molecule has 0 aromatic heterocycles. The van der Waals surface area contributed by atoms with Gasteiger partial charge in [-0.25, -0.2) is 0 Å². The molecule has 1 aliphatic rings. The van der Waals surface area contributed by atoms with E-state index >= 15 is 0 Å². The minimum absolute atomic E-state index is 0.234. The van der Waals surface area contributed by atoms with Crippen molar-refractivity contribution in [3.8, 4) is 0 Å². The molecule has 106 valence electrons. The van der Waals surface area contributed by atoms with E-state index < -0.39 is 0 Å². The maximum Gasteiger partial charge on any atom is 0.0233 e. The van der Waals surface area contributed by atoms with Crippen molar-refractivity contribution in [3.05, 3.63) is 35.9 Å². The second kappa shape index (κ2) is 6.06. The van der Waals surface area contributed by atoms with Crippen molar-refractivity contribution in [2.24, 2.45) is 5.92 Å². The lowest BCUT2D eigenvalue weighted by atomic mass is 9.78. The molecule has 2 atom stereocenters. The first-order valence-corrected chi connectivity index (χ1v) is 7.45. The van der Waals surface area contributed by atoms with Crippen molar-refractivity contribution in [2.75, 3.05) is 13.6 Å². The van der Waals surface area contributed by atoms with Crippen LogP contribution >= 0.6 is 0 Å². The Bertz CT molecular complexity index is 380. The Hall–Kier alpha value is -0.860. The standard InChI is InChI=1S/C17H28N2/c1-17(2,3)18-12-15-10-11-16(15)19(4)13-14-8-6-5-7-9-14/h5-9,15-16,18H,10-13H2,1-4H3. The normalized spacial score (nSPS) is 23.4. The summed E-state index contributed by atoms with van der Waals surface area (Å²) in [5.74, 6) is 0.813. The number of nitrogens with zero attached hydrogens (tertiary/aromatic N) is 1. The van der Waals surface area contributed by atoms with E-state index in [0.29, 0.717) is 0 Å². The maximum atomic E-state index is 3.65. The van der Waals surface area contributed by atoms with Gasteiger partial charge < -0.3 is 5.32 Å². The van der Waals surface area contributed by atoms with E-state index in [1.54, 1.807) is 0 Å². The highest BCUT2D eigenvalue weighted by Crippen LogP contribution is 2.32. The molecule has 0 radical (unpaired) electrons. The Morgan fingerprint density at radius 1 is 1.16 bits per heavy atom.